The average molecular weight is 387 g/mol. The lowest BCUT2D eigenvalue weighted by Crippen LogP contribution is -2.17. The molecule has 148 valence electrons. The number of hydrogen-bond acceptors (Lipinski definition) is 2. The molecular formula is C24H35O2P. The van der Waals surface area contributed by atoms with E-state index >= 15 is 0 Å². The van der Waals surface area contributed by atoms with E-state index in [1.165, 1.54) is 31.2 Å². The monoisotopic (exact) mass is 386 g/mol. The van der Waals surface area contributed by atoms with Gasteiger partial charge in [0, 0.05) is 5.30 Å². The van der Waals surface area contributed by atoms with E-state index in [2.05, 4.69) is 74.2 Å². The van der Waals surface area contributed by atoms with Crippen LogP contribution in [0.1, 0.15) is 65.9 Å². The van der Waals surface area contributed by atoms with Crippen molar-refractivity contribution in [1.29, 1.82) is 0 Å². The number of hydrogen-bond donors (Lipinski definition) is 0. The predicted octanol–water partition coefficient (Wildman–Crippen LogP) is 6.55. The highest BCUT2D eigenvalue weighted by Gasteiger charge is 2.21. The second-order valence-corrected chi connectivity index (χ2v) is 8.24. The Kier molecular flexibility index (Phi) is 8.64. The summed E-state index contributed by atoms with van der Waals surface area (Å²) in [6.07, 6.45) is 6.28. The van der Waals surface area contributed by atoms with Crippen LogP contribution in [0.3, 0.4) is 0 Å². The molecule has 1 unspecified atom stereocenters. The minimum Gasteiger partial charge on any atom is -0.490 e. The maximum absolute atomic E-state index is 6.32. The lowest BCUT2D eigenvalue weighted by Gasteiger charge is -2.24. The molecule has 3 heteroatoms. The van der Waals surface area contributed by atoms with Crippen molar-refractivity contribution >= 4 is 14.5 Å². The maximum atomic E-state index is 6.32. The molecule has 0 saturated heterocycles. The van der Waals surface area contributed by atoms with Crippen molar-refractivity contribution in [2.75, 3.05) is 0 Å². The molecule has 0 N–H and O–H groups in total. The Labute approximate surface area is 167 Å². The van der Waals surface area contributed by atoms with Crippen LogP contribution in [0.5, 0.6) is 11.5 Å². The first-order valence-electron chi connectivity index (χ1n) is 10.3. The summed E-state index contributed by atoms with van der Waals surface area (Å²) in [4.78, 5) is 0. The molecule has 0 aromatic heterocycles. The Morgan fingerprint density at radius 3 is 2.15 bits per heavy atom. The molecule has 2 rings (SSSR count). The third-order valence-corrected chi connectivity index (χ3v) is 5.08. The molecule has 0 aliphatic carbocycles. The number of aryl methyl sites for hydroxylation is 1. The molecule has 2 aromatic carbocycles. The summed E-state index contributed by atoms with van der Waals surface area (Å²) in [6, 6.07) is 12.6. The van der Waals surface area contributed by atoms with Gasteiger partial charge in [-0.15, -0.1) is 9.24 Å². The molecule has 0 spiro atoms. The van der Waals surface area contributed by atoms with Crippen LogP contribution < -0.4 is 14.8 Å². The molecule has 2 nitrogen and oxygen atoms in total. The summed E-state index contributed by atoms with van der Waals surface area (Å²) in [5.74, 6) is 1.85. The molecule has 0 bridgehead atoms. The summed E-state index contributed by atoms with van der Waals surface area (Å²) in [5, 5.41) is 1.16. The Bertz CT molecular complexity index is 708. The summed E-state index contributed by atoms with van der Waals surface area (Å²) < 4.78 is 12.6. The van der Waals surface area contributed by atoms with Gasteiger partial charge in [-0.25, -0.2) is 0 Å². The second-order valence-electron chi connectivity index (χ2n) is 7.66. The van der Waals surface area contributed by atoms with Crippen LogP contribution in [-0.2, 0) is 6.42 Å². The van der Waals surface area contributed by atoms with Crippen LogP contribution >= 0.6 is 9.24 Å². The van der Waals surface area contributed by atoms with Gasteiger partial charge in [-0.2, -0.15) is 0 Å². The van der Waals surface area contributed by atoms with Gasteiger partial charge in [-0.3, -0.25) is 0 Å². The summed E-state index contributed by atoms with van der Waals surface area (Å²) >= 11 is 0. The van der Waals surface area contributed by atoms with Crippen molar-refractivity contribution in [3.8, 4) is 22.6 Å². The molecule has 0 heterocycles. The zero-order valence-electron chi connectivity index (χ0n) is 17.5. The highest BCUT2D eigenvalue weighted by molar-refractivity contribution is 7.28. The van der Waals surface area contributed by atoms with E-state index in [-0.39, 0.29) is 12.2 Å². The van der Waals surface area contributed by atoms with Crippen LogP contribution in [0, 0.1) is 0 Å². The fourth-order valence-electron chi connectivity index (χ4n) is 3.23. The van der Waals surface area contributed by atoms with Gasteiger partial charge < -0.3 is 9.47 Å². The quantitative estimate of drug-likeness (QED) is 0.340. The van der Waals surface area contributed by atoms with Crippen LogP contribution in [-0.4, -0.2) is 12.2 Å². The van der Waals surface area contributed by atoms with Crippen LogP contribution in [0.4, 0.5) is 0 Å². The Hall–Kier alpha value is -1.53. The molecule has 0 amide bonds. The van der Waals surface area contributed by atoms with E-state index in [0.29, 0.717) is 0 Å². The van der Waals surface area contributed by atoms with Gasteiger partial charge >= 0.3 is 0 Å². The third kappa shape index (κ3) is 6.25. The minimum atomic E-state index is 0.106. The lowest BCUT2D eigenvalue weighted by molar-refractivity contribution is 0.232. The molecular weight excluding hydrogens is 351 g/mol. The van der Waals surface area contributed by atoms with Crippen molar-refractivity contribution in [1.82, 2.24) is 0 Å². The molecule has 27 heavy (non-hydrogen) atoms. The van der Waals surface area contributed by atoms with E-state index in [1.807, 2.05) is 6.07 Å². The Balaban J connectivity index is 2.55. The van der Waals surface area contributed by atoms with Gasteiger partial charge in [0.2, 0.25) is 0 Å². The van der Waals surface area contributed by atoms with E-state index in [9.17, 15) is 0 Å². The fourth-order valence-corrected chi connectivity index (χ4v) is 3.67. The molecule has 0 aliphatic rings. The molecule has 0 aliphatic heterocycles. The van der Waals surface area contributed by atoms with Crippen molar-refractivity contribution in [3.63, 3.8) is 0 Å². The standard InChI is InChI=1S/C24H35O2P/c1-6-7-8-10-15-20-16-21(25-17(2)3)22(19-13-11-9-12-14-19)23(24(20)27)26-18(4)5/h9,11-14,16-18H,6-8,10,15,27H2,1-5H3. The highest BCUT2D eigenvalue weighted by atomic mass is 31.0. The Morgan fingerprint density at radius 2 is 1.56 bits per heavy atom. The average Bonchev–Trinajstić information content (AvgIpc) is 2.62. The van der Waals surface area contributed by atoms with Crippen molar-refractivity contribution < 1.29 is 9.47 Å². The first-order chi connectivity index (χ1) is 12.9. The zero-order valence-corrected chi connectivity index (χ0v) is 18.7. The molecule has 0 saturated carbocycles. The number of benzene rings is 2. The predicted molar refractivity (Wildman–Crippen MR) is 121 cm³/mol. The molecule has 0 fully saturated rings. The van der Waals surface area contributed by atoms with Gasteiger partial charge in [-0.1, -0.05) is 56.5 Å². The zero-order chi connectivity index (χ0) is 19.8. The van der Waals surface area contributed by atoms with Crippen molar-refractivity contribution in [3.05, 3.63) is 42.0 Å². The topological polar surface area (TPSA) is 18.5 Å². The van der Waals surface area contributed by atoms with Crippen molar-refractivity contribution in [2.45, 2.75) is 78.9 Å². The first kappa shape index (κ1) is 21.8. The van der Waals surface area contributed by atoms with Crippen molar-refractivity contribution in [2.24, 2.45) is 0 Å². The van der Waals surface area contributed by atoms with E-state index in [1.54, 1.807) is 0 Å². The van der Waals surface area contributed by atoms with Gasteiger partial charge in [0.15, 0.2) is 0 Å². The molecule has 2 aromatic rings. The normalized spacial score (nSPS) is 11.3. The van der Waals surface area contributed by atoms with Crippen LogP contribution in [0.15, 0.2) is 36.4 Å². The minimum absolute atomic E-state index is 0.106. The van der Waals surface area contributed by atoms with E-state index < -0.39 is 0 Å². The third-order valence-electron chi connectivity index (χ3n) is 4.45. The van der Waals surface area contributed by atoms with E-state index in [0.717, 1.165) is 34.4 Å². The van der Waals surface area contributed by atoms with E-state index in [4.69, 9.17) is 9.47 Å². The van der Waals surface area contributed by atoms with Gasteiger partial charge in [-0.05, 0) is 57.7 Å². The Morgan fingerprint density at radius 1 is 0.889 bits per heavy atom. The van der Waals surface area contributed by atoms with Crippen LogP contribution in [0.25, 0.3) is 11.1 Å². The second kappa shape index (κ2) is 10.7. The smallest absolute Gasteiger partial charge is 0.138 e. The first-order valence-corrected chi connectivity index (χ1v) is 10.9. The number of ether oxygens (including phenoxy) is 2. The highest BCUT2D eigenvalue weighted by Crippen LogP contribution is 2.41. The summed E-state index contributed by atoms with van der Waals surface area (Å²) in [7, 11) is 2.93. The SMILES string of the molecule is CCCCCCc1cc(OC(C)C)c(-c2ccccc2)c(OC(C)C)c1P. The fraction of sp³-hybridized carbons (Fsp3) is 0.500. The summed E-state index contributed by atoms with van der Waals surface area (Å²) in [6.45, 7) is 10.6. The number of unbranched alkanes of at least 4 members (excludes halogenated alkanes) is 3. The maximum Gasteiger partial charge on any atom is 0.138 e. The number of rotatable bonds is 10. The van der Waals surface area contributed by atoms with Gasteiger partial charge in [0.25, 0.3) is 0 Å². The van der Waals surface area contributed by atoms with Gasteiger partial charge in [0.1, 0.15) is 11.5 Å². The lowest BCUT2D eigenvalue weighted by atomic mass is 9.98. The van der Waals surface area contributed by atoms with Gasteiger partial charge in [0.05, 0.1) is 17.8 Å². The van der Waals surface area contributed by atoms with Crippen LogP contribution in [0.2, 0.25) is 0 Å². The summed E-state index contributed by atoms with van der Waals surface area (Å²) in [5.41, 5.74) is 3.49. The largest absolute Gasteiger partial charge is 0.490 e. The molecule has 0 radical (unpaired) electrons. The molecule has 1 atom stereocenters.